The largest absolute Gasteiger partial charge is 0.289 e. The van der Waals surface area contributed by atoms with Gasteiger partial charge < -0.3 is 0 Å². The number of pyridine rings is 1. The van der Waals surface area contributed by atoms with Gasteiger partial charge in [0.2, 0.25) is 9.84 Å². The summed E-state index contributed by atoms with van der Waals surface area (Å²) in [5.74, 6) is -0.261. The standard InChI is InChI=1S/C18H11NO3S/c20-18-14-5-1-2-6-16(14)23(21,22)17-10-12(7-8-15(17)18)13-4-3-9-19-11-13/h1-11H. The number of benzene rings is 2. The molecule has 0 spiro atoms. The first-order chi connectivity index (χ1) is 11.1. The summed E-state index contributed by atoms with van der Waals surface area (Å²) in [6.07, 6.45) is 3.31. The van der Waals surface area contributed by atoms with Crippen molar-refractivity contribution < 1.29 is 13.2 Å². The van der Waals surface area contributed by atoms with Crippen molar-refractivity contribution in [2.45, 2.75) is 9.79 Å². The Hall–Kier alpha value is -2.79. The van der Waals surface area contributed by atoms with E-state index in [1.807, 2.05) is 6.07 Å². The van der Waals surface area contributed by atoms with E-state index in [4.69, 9.17) is 0 Å². The van der Waals surface area contributed by atoms with Gasteiger partial charge in [0.05, 0.1) is 9.79 Å². The van der Waals surface area contributed by atoms with Crippen LogP contribution in [0.2, 0.25) is 0 Å². The lowest BCUT2D eigenvalue weighted by atomic mass is 9.99. The maximum atomic E-state index is 12.9. The molecule has 112 valence electrons. The van der Waals surface area contributed by atoms with Crippen LogP contribution >= 0.6 is 0 Å². The molecule has 2 heterocycles. The average Bonchev–Trinajstić information content (AvgIpc) is 2.60. The van der Waals surface area contributed by atoms with Crippen LogP contribution < -0.4 is 0 Å². The van der Waals surface area contributed by atoms with Gasteiger partial charge in [0.1, 0.15) is 0 Å². The molecule has 0 unspecified atom stereocenters. The van der Waals surface area contributed by atoms with Gasteiger partial charge in [-0.05, 0) is 35.9 Å². The Kier molecular flexibility index (Phi) is 2.92. The van der Waals surface area contributed by atoms with E-state index < -0.39 is 9.84 Å². The van der Waals surface area contributed by atoms with Crippen molar-refractivity contribution in [3.05, 3.63) is 78.1 Å². The van der Waals surface area contributed by atoms with E-state index in [1.54, 1.807) is 54.9 Å². The van der Waals surface area contributed by atoms with E-state index in [9.17, 15) is 13.2 Å². The van der Waals surface area contributed by atoms with Gasteiger partial charge in [-0.1, -0.05) is 24.3 Å². The number of carbonyl (C=O) groups is 1. The van der Waals surface area contributed by atoms with E-state index in [2.05, 4.69) is 4.98 Å². The zero-order valence-electron chi connectivity index (χ0n) is 11.9. The van der Waals surface area contributed by atoms with Crippen LogP contribution in [0.3, 0.4) is 0 Å². The normalized spacial score (nSPS) is 14.9. The van der Waals surface area contributed by atoms with Crippen LogP contribution in [0.4, 0.5) is 0 Å². The minimum absolute atomic E-state index is 0.0579. The predicted octanol–water partition coefficient (Wildman–Crippen LogP) is 3.13. The second kappa shape index (κ2) is 4.86. The molecule has 0 amide bonds. The minimum atomic E-state index is -3.71. The molecule has 0 bridgehead atoms. The second-order valence-electron chi connectivity index (χ2n) is 5.28. The van der Waals surface area contributed by atoms with Crippen LogP contribution in [-0.2, 0) is 9.84 Å². The molecule has 4 rings (SSSR count). The first-order valence-corrected chi connectivity index (χ1v) is 8.50. The lowest BCUT2D eigenvalue weighted by Gasteiger charge is -2.19. The Morgan fingerprint density at radius 3 is 2.35 bits per heavy atom. The Balaban J connectivity index is 1.99. The number of aromatic nitrogens is 1. The minimum Gasteiger partial charge on any atom is -0.289 e. The van der Waals surface area contributed by atoms with Gasteiger partial charge >= 0.3 is 0 Å². The number of carbonyl (C=O) groups excluding carboxylic acids is 1. The first kappa shape index (κ1) is 13.8. The second-order valence-corrected chi connectivity index (χ2v) is 7.17. The number of ketones is 1. The highest BCUT2D eigenvalue weighted by molar-refractivity contribution is 7.91. The molecule has 4 nitrogen and oxygen atoms in total. The fourth-order valence-electron chi connectivity index (χ4n) is 2.80. The SMILES string of the molecule is O=C1c2ccccc2S(=O)(=O)c2cc(-c3cccnc3)ccc21. The highest BCUT2D eigenvalue weighted by atomic mass is 32.2. The maximum absolute atomic E-state index is 12.9. The molecular formula is C18H11NO3S. The third kappa shape index (κ3) is 2.01. The molecular weight excluding hydrogens is 310 g/mol. The molecule has 0 saturated heterocycles. The van der Waals surface area contributed by atoms with Gasteiger partial charge in [-0.25, -0.2) is 8.42 Å². The summed E-state index contributed by atoms with van der Waals surface area (Å²) < 4.78 is 25.7. The summed E-state index contributed by atoms with van der Waals surface area (Å²) in [6, 6.07) is 14.8. The van der Waals surface area contributed by atoms with Crippen molar-refractivity contribution >= 4 is 15.6 Å². The number of sulfone groups is 1. The van der Waals surface area contributed by atoms with Crippen LogP contribution in [0.25, 0.3) is 11.1 Å². The predicted molar refractivity (Wildman–Crippen MR) is 85.0 cm³/mol. The van der Waals surface area contributed by atoms with Crippen molar-refractivity contribution in [3.8, 4) is 11.1 Å². The Labute approximate surface area is 133 Å². The molecule has 1 aromatic heterocycles. The molecule has 0 fully saturated rings. The van der Waals surface area contributed by atoms with Gasteiger partial charge in [0, 0.05) is 29.1 Å². The Morgan fingerprint density at radius 2 is 1.57 bits per heavy atom. The monoisotopic (exact) mass is 321 g/mol. The van der Waals surface area contributed by atoms with E-state index in [1.165, 1.54) is 6.07 Å². The number of nitrogens with zero attached hydrogens (tertiary/aromatic N) is 1. The van der Waals surface area contributed by atoms with E-state index in [0.717, 1.165) is 5.56 Å². The van der Waals surface area contributed by atoms with Crippen LogP contribution in [0.15, 0.2) is 76.8 Å². The van der Waals surface area contributed by atoms with Gasteiger partial charge in [-0.2, -0.15) is 0 Å². The fraction of sp³-hybridized carbons (Fsp3) is 0. The van der Waals surface area contributed by atoms with E-state index in [-0.39, 0.29) is 26.7 Å². The summed E-state index contributed by atoms with van der Waals surface area (Å²) in [6.45, 7) is 0. The number of hydrogen-bond acceptors (Lipinski definition) is 4. The summed E-state index contributed by atoms with van der Waals surface area (Å²) in [5, 5.41) is 0. The van der Waals surface area contributed by atoms with Crippen LogP contribution in [-0.4, -0.2) is 19.2 Å². The summed E-state index contributed by atoms with van der Waals surface area (Å²) in [4.78, 5) is 16.7. The molecule has 1 aliphatic rings. The van der Waals surface area contributed by atoms with Crippen molar-refractivity contribution in [2.75, 3.05) is 0 Å². The smallest absolute Gasteiger partial charge is 0.208 e. The average molecular weight is 321 g/mol. The fourth-order valence-corrected chi connectivity index (χ4v) is 4.47. The number of hydrogen-bond donors (Lipinski definition) is 0. The molecule has 2 aromatic carbocycles. The molecule has 0 atom stereocenters. The molecule has 5 heteroatoms. The van der Waals surface area contributed by atoms with Crippen molar-refractivity contribution in [2.24, 2.45) is 0 Å². The Morgan fingerprint density at radius 1 is 0.783 bits per heavy atom. The van der Waals surface area contributed by atoms with Gasteiger partial charge in [-0.3, -0.25) is 9.78 Å². The molecule has 0 radical (unpaired) electrons. The van der Waals surface area contributed by atoms with Crippen molar-refractivity contribution in [1.82, 2.24) is 4.98 Å². The lowest BCUT2D eigenvalue weighted by molar-refractivity contribution is 0.103. The molecule has 3 aromatic rings. The Bertz CT molecular complexity index is 1040. The zero-order chi connectivity index (χ0) is 16.0. The van der Waals surface area contributed by atoms with Gasteiger partial charge in [0.25, 0.3) is 0 Å². The first-order valence-electron chi connectivity index (χ1n) is 7.02. The third-order valence-corrected chi connectivity index (χ3v) is 5.78. The lowest BCUT2D eigenvalue weighted by Crippen LogP contribution is -2.20. The van der Waals surface area contributed by atoms with Crippen LogP contribution in [0.1, 0.15) is 15.9 Å². The summed E-state index contributed by atoms with van der Waals surface area (Å²) in [7, 11) is -3.71. The van der Waals surface area contributed by atoms with Crippen molar-refractivity contribution in [1.29, 1.82) is 0 Å². The summed E-state index contributed by atoms with van der Waals surface area (Å²) >= 11 is 0. The molecule has 0 saturated carbocycles. The number of fused-ring (bicyclic) bond motifs is 2. The maximum Gasteiger partial charge on any atom is 0.208 e. The molecule has 0 aliphatic carbocycles. The number of rotatable bonds is 1. The molecule has 1 aliphatic heterocycles. The topological polar surface area (TPSA) is 64.1 Å². The van der Waals surface area contributed by atoms with Crippen molar-refractivity contribution in [3.63, 3.8) is 0 Å². The zero-order valence-corrected chi connectivity index (χ0v) is 12.7. The molecule has 23 heavy (non-hydrogen) atoms. The highest BCUT2D eigenvalue weighted by Gasteiger charge is 2.34. The third-order valence-electron chi connectivity index (χ3n) is 3.93. The molecule has 0 N–H and O–H groups in total. The highest BCUT2D eigenvalue weighted by Crippen LogP contribution is 2.36. The van der Waals surface area contributed by atoms with E-state index >= 15 is 0 Å². The quantitative estimate of drug-likeness (QED) is 0.540. The van der Waals surface area contributed by atoms with Gasteiger partial charge in [-0.15, -0.1) is 0 Å². The summed E-state index contributed by atoms with van der Waals surface area (Å²) in [5.41, 5.74) is 1.97. The van der Waals surface area contributed by atoms with Crippen LogP contribution in [0, 0.1) is 0 Å². The van der Waals surface area contributed by atoms with E-state index in [0.29, 0.717) is 5.56 Å². The van der Waals surface area contributed by atoms with Gasteiger partial charge in [0.15, 0.2) is 5.78 Å². The van der Waals surface area contributed by atoms with Crippen LogP contribution in [0.5, 0.6) is 0 Å².